The van der Waals surface area contributed by atoms with Gasteiger partial charge in [0, 0.05) is 24.8 Å². The molecular formula is C14H23N3O. The smallest absolute Gasteiger partial charge is 0.213 e. The minimum Gasteiger partial charge on any atom is -0.476 e. The summed E-state index contributed by atoms with van der Waals surface area (Å²) in [6.07, 6.45) is 4.54. The summed E-state index contributed by atoms with van der Waals surface area (Å²) in [5.74, 6) is 0.723. The summed E-state index contributed by atoms with van der Waals surface area (Å²) < 4.78 is 5.66. The first kappa shape index (κ1) is 13.3. The molecule has 2 rings (SSSR count). The van der Waals surface area contributed by atoms with E-state index in [9.17, 15) is 0 Å². The third kappa shape index (κ3) is 3.68. The van der Waals surface area contributed by atoms with Gasteiger partial charge < -0.3 is 10.1 Å². The van der Waals surface area contributed by atoms with E-state index >= 15 is 0 Å². The van der Waals surface area contributed by atoms with Crippen molar-refractivity contribution < 1.29 is 4.74 Å². The largest absolute Gasteiger partial charge is 0.476 e. The lowest BCUT2D eigenvalue weighted by Crippen LogP contribution is -2.25. The number of aromatic nitrogens is 1. The predicted molar refractivity (Wildman–Crippen MR) is 72.9 cm³/mol. The van der Waals surface area contributed by atoms with Gasteiger partial charge in [-0.25, -0.2) is 4.98 Å². The van der Waals surface area contributed by atoms with Gasteiger partial charge in [0.15, 0.2) is 0 Å². The molecule has 1 aromatic rings. The van der Waals surface area contributed by atoms with Crippen LogP contribution in [0.5, 0.6) is 5.88 Å². The van der Waals surface area contributed by atoms with E-state index in [1.54, 1.807) is 0 Å². The highest BCUT2D eigenvalue weighted by molar-refractivity contribution is 5.20. The topological polar surface area (TPSA) is 37.4 Å². The first-order valence-electron chi connectivity index (χ1n) is 6.78. The summed E-state index contributed by atoms with van der Waals surface area (Å²) in [7, 11) is 1.95. The van der Waals surface area contributed by atoms with Crippen molar-refractivity contribution in [3.8, 4) is 5.88 Å². The number of ether oxygens (including phenoxy) is 1. The minimum atomic E-state index is 0.330. The molecular weight excluding hydrogens is 226 g/mol. The fourth-order valence-electron chi connectivity index (χ4n) is 2.19. The predicted octanol–water partition coefficient (Wildman–Crippen LogP) is 1.84. The maximum atomic E-state index is 5.66. The Balaban J connectivity index is 1.75. The fourth-order valence-corrected chi connectivity index (χ4v) is 2.19. The van der Waals surface area contributed by atoms with Crippen LogP contribution in [0.15, 0.2) is 18.3 Å². The van der Waals surface area contributed by atoms with Crippen molar-refractivity contribution in [3.63, 3.8) is 0 Å². The molecule has 1 aliphatic rings. The second-order valence-electron chi connectivity index (χ2n) is 4.84. The van der Waals surface area contributed by atoms with Crippen LogP contribution in [0, 0.1) is 0 Å². The van der Waals surface area contributed by atoms with Crippen LogP contribution in [0.4, 0.5) is 0 Å². The van der Waals surface area contributed by atoms with Crippen LogP contribution in [0.2, 0.25) is 0 Å². The molecule has 0 bridgehead atoms. The molecule has 0 aliphatic carbocycles. The third-order valence-electron chi connectivity index (χ3n) is 3.55. The zero-order chi connectivity index (χ0) is 12.8. The van der Waals surface area contributed by atoms with Crippen LogP contribution < -0.4 is 10.1 Å². The molecule has 100 valence electrons. The monoisotopic (exact) mass is 249 g/mol. The van der Waals surface area contributed by atoms with Gasteiger partial charge in [0.1, 0.15) is 6.61 Å². The Morgan fingerprint density at radius 3 is 2.78 bits per heavy atom. The summed E-state index contributed by atoms with van der Waals surface area (Å²) in [6, 6.07) is 4.35. The summed E-state index contributed by atoms with van der Waals surface area (Å²) >= 11 is 0. The van der Waals surface area contributed by atoms with Crippen molar-refractivity contribution in [2.24, 2.45) is 0 Å². The van der Waals surface area contributed by atoms with Crippen molar-refractivity contribution in [2.45, 2.75) is 25.8 Å². The average Bonchev–Trinajstić information content (AvgIpc) is 2.92. The molecule has 1 atom stereocenters. The standard InChI is InChI=1S/C14H23N3O/c1-12(15-2)13-5-6-14(16-11-13)18-10-9-17-7-3-4-8-17/h5-6,11-12,15H,3-4,7-10H2,1-2H3. The Morgan fingerprint density at radius 2 is 2.17 bits per heavy atom. The Bertz CT molecular complexity index is 347. The van der Waals surface area contributed by atoms with E-state index in [2.05, 4.69) is 28.2 Å². The van der Waals surface area contributed by atoms with Gasteiger partial charge in [0.25, 0.3) is 0 Å². The molecule has 2 heterocycles. The molecule has 0 saturated carbocycles. The lowest BCUT2D eigenvalue weighted by molar-refractivity contribution is 0.232. The Kier molecular flexibility index (Phi) is 4.96. The molecule has 1 fully saturated rings. The van der Waals surface area contributed by atoms with Gasteiger partial charge in [0.05, 0.1) is 0 Å². The van der Waals surface area contributed by atoms with Crippen molar-refractivity contribution in [3.05, 3.63) is 23.9 Å². The zero-order valence-corrected chi connectivity index (χ0v) is 11.4. The number of nitrogens with one attached hydrogen (secondary N) is 1. The van der Waals surface area contributed by atoms with Crippen molar-refractivity contribution in [1.29, 1.82) is 0 Å². The minimum absolute atomic E-state index is 0.330. The van der Waals surface area contributed by atoms with Crippen molar-refractivity contribution >= 4 is 0 Å². The summed E-state index contributed by atoms with van der Waals surface area (Å²) in [5.41, 5.74) is 1.18. The summed E-state index contributed by atoms with van der Waals surface area (Å²) in [4.78, 5) is 6.77. The highest BCUT2D eigenvalue weighted by Gasteiger charge is 2.11. The van der Waals surface area contributed by atoms with Gasteiger partial charge in [-0.3, -0.25) is 4.90 Å². The average molecular weight is 249 g/mol. The second kappa shape index (κ2) is 6.71. The first-order chi connectivity index (χ1) is 8.79. The normalized spacial score (nSPS) is 17.9. The molecule has 1 aliphatic heterocycles. The van der Waals surface area contributed by atoms with Gasteiger partial charge in [-0.2, -0.15) is 0 Å². The van der Waals surface area contributed by atoms with Crippen LogP contribution in [-0.4, -0.2) is 43.2 Å². The maximum absolute atomic E-state index is 5.66. The van der Waals surface area contributed by atoms with Crippen molar-refractivity contribution in [2.75, 3.05) is 33.3 Å². The Morgan fingerprint density at radius 1 is 1.39 bits per heavy atom. The van der Waals surface area contributed by atoms with Crippen LogP contribution >= 0.6 is 0 Å². The number of rotatable bonds is 6. The first-order valence-corrected chi connectivity index (χ1v) is 6.78. The van der Waals surface area contributed by atoms with Crippen LogP contribution in [0.1, 0.15) is 31.4 Å². The highest BCUT2D eigenvalue weighted by atomic mass is 16.5. The SMILES string of the molecule is CNC(C)c1ccc(OCCN2CCCC2)nc1. The van der Waals surface area contributed by atoms with Gasteiger partial charge in [0.2, 0.25) is 5.88 Å². The third-order valence-corrected chi connectivity index (χ3v) is 3.55. The van der Waals surface area contributed by atoms with E-state index in [0.29, 0.717) is 6.04 Å². The molecule has 18 heavy (non-hydrogen) atoms. The molecule has 0 amide bonds. The Labute approximate surface area is 109 Å². The molecule has 1 aromatic heterocycles. The molecule has 4 heteroatoms. The molecule has 0 radical (unpaired) electrons. The van der Waals surface area contributed by atoms with E-state index in [0.717, 1.165) is 19.0 Å². The van der Waals surface area contributed by atoms with Gasteiger partial charge in [-0.15, -0.1) is 0 Å². The van der Waals surface area contributed by atoms with Gasteiger partial charge in [-0.05, 0) is 45.5 Å². The number of hydrogen-bond donors (Lipinski definition) is 1. The second-order valence-corrected chi connectivity index (χ2v) is 4.84. The van der Waals surface area contributed by atoms with Crippen molar-refractivity contribution in [1.82, 2.24) is 15.2 Å². The van der Waals surface area contributed by atoms with E-state index < -0.39 is 0 Å². The lowest BCUT2D eigenvalue weighted by atomic mass is 10.1. The Hall–Kier alpha value is -1.13. The van der Waals surface area contributed by atoms with Gasteiger partial charge >= 0.3 is 0 Å². The fraction of sp³-hybridized carbons (Fsp3) is 0.643. The van der Waals surface area contributed by atoms with Crippen LogP contribution in [-0.2, 0) is 0 Å². The summed E-state index contributed by atoms with van der Waals surface area (Å²) in [6.45, 7) is 6.29. The lowest BCUT2D eigenvalue weighted by Gasteiger charge is -2.15. The highest BCUT2D eigenvalue weighted by Crippen LogP contribution is 2.14. The molecule has 4 nitrogen and oxygen atoms in total. The van der Waals surface area contributed by atoms with E-state index in [1.807, 2.05) is 19.3 Å². The number of pyridine rings is 1. The molecule has 0 aromatic carbocycles. The molecule has 0 spiro atoms. The van der Waals surface area contributed by atoms with Crippen LogP contribution in [0.25, 0.3) is 0 Å². The quantitative estimate of drug-likeness (QED) is 0.834. The van der Waals surface area contributed by atoms with E-state index in [-0.39, 0.29) is 0 Å². The number of nitrogens with zero attached hydrogens (tertiary/aromatic N) is 2. The summed E-state index contributed by atoms with van der Waals surface area (Å²) in [5, 5.41) is 3.19. The number of hydrogen-bond acceptors (Lipinski definition) is 4. The van der Waals surface area contributed by atoms with E-state index in [4.69, 9.17) is 4.74 Å². The van der Waals surface area contributed by atoms with Gasteiger partial charge in [-0.1, -0.05) is 6.07 Å². The molecule has 1 saturated heterocycles. The van der Waals surface area contributed by atoms with Crippen LogP contribution in [0.3, 0.4) is 0 Å². The molecule has 1 N–H and O–H groups in total. The molecule has 1 unspecified atom stereocenters. The maximum Gasteiger partial charge on any atom is 0.213 e. The van der Waals surface area contributed by atoms with E-state index in [1.165, 1.54) is 31.5 Å². The zero-order valence-electron chi connectivity index (χ0n) is 11.4. The number of likely N-dealkylation sites (tertiary alicyclic amines) is 1.